The van der Waals surface area contributed by atoms with Gasteiger partial charge in [-0.05, 0) is 38.1 Å². The van der Waals surface area contributed by atoms with Crippen molar-refractivity contribution < 1.29 is 18.0 Å². The van der Waals surface area contributed by atoms with Gasteiger partial charge in [0.25, 0.3) is 5.91 Å². The second kappa shape index (κ2) is 10.5. The number of carbonyl (C=O) groups is 1. The van der Waals surface area contributed by atoms with Crippen molar-refractivity contribution in [2.45, 2.75) is 25.1 Å². The Labute approximate surface area is 172 Å². The van der Waals surface area contributed by atoms with E-state index in [2.05, 4.69) is 26.3 Å². The molecule has 1 aliphatic heterocycles. The number of nitrogens with zero attached hydrogens (tertiary/aromatic N) is 3. The number of para-hydroxylation sites is 2. The number of rotatable bonds is 5. The first kappa shape index (κ1) is 24.0. The standard InChI is InChI=1S/C16H19F3N6O.2ClH/c17-16(18,19)10-21-12-3-1-2-4-13(12)22-15(26)14-9-25(24-23-14)11-5-7-20-8-6-11;;/h1-4,9,11,20-21H,5-8,10H2,(H,22,26);2*1H. The molecule has 3 N–H and O–H groups in total. The average Bonchev–Trinajstić information content (AvgIpc) is 3.11. The first-order valence-electron chi connectivity index (χ1n) is 8.26. The number of benzene rings is 1. The normalized spacial score (nSPS) is 14.5. The zero-order chi connectivity index (χ0) is 18.6. The Morgan fingerprint density at radius 3 is 2.46 bits per heavy atom. The maximum absolute atomic E-state index is 12.4. The van der Waals surface area contributed by atoms with Gasteiger partial charge in [0.15, 0.2) is 5.69 Å². The second-order valence-electron chi connectivity index (χ2n) is 6.03. The number of carbonyl (C=O) groups excluding carboxylic acids is 1. The molecule has 0 spiro atoms. The quantitative estimate of drug-likeness (QED) is 0.664. The van der Waals surface area contributed by atoms with E-state index in [1.54, 1.807) is 23.0 Å². The van der Waals surface area contributed by atoms with Crippen LogP contribution in [0.1, 0.15) is 29.4 Å². The van der Waals surface area contributed by atoms with Crippen LogP contribution in [0.2, 0.25) is 0 Å². The summed E-state index contributed by atoms with van der Waals surface area (Å²) in [4.78, 5) is 12.4. The Morgan fingerprint density at radius 2 is 1.82 bits per heavy atom. The molecule has 0 aliphatic carbocycles. The summed E-state index contributed by atoms with van der Waals surface area (Å²) in [6, 6.07) is 6.38. The molecule has 1 amide bonds. The molecular weight excluding hydrogens is 420 g/mol. The second-order valence-corrected chi connectivity index (χ2v) is 6.03. The van der Waals surface area contributed by atoms with Crippen LogP contribution in [0, 0.1) is 0 Å². The number of hydrogen-bond acceptors (Lipinski definition) is 5. The molecule has 2 aromatic rings. The number of anilines is 2. The van der Waals surface area contributed by atoms with Gasteiger partial charge >= 0.3 is 6.18 Å². The van der Waals surface area contributed by atoms with Gasteiger partial charge in [-0.15, -0.1) is 29.9 Å². The van der Waals surface area contributed by atoms with E-state index in [9.17, 15) is 18.0 Å². The van der Waals surface area contributed by atoms with E-state index in [4.69, 9.17) is 0 Å². The maximum atomic E-state index is 12.4. The molecule has 0 radical (unpaired) electrons. The summed E-state index contributed by atoms with van der Waals surface area (Å²) in [5, 5.41) is 16.0. The van der Waals surface area contributed by atoms with Crippen molar-refractivity contribution in [3.8, 4) is 0 Å². The van der Waals surface area contributed by atoms with Gasteiger partial charge in [0.05, 0.1) is 23.6 Å². The fourth-order valence-electron chi connectivity index (χ4n) is 2.76. The molecule has 1 aliphatic rings. The third-order valence-electron chi connectivity index (χ3n) is 4.08. The molecule has 0 unspecified atom stereocenters. The highest BCUT2D eigenvalue weighted by molar-refractivity contribution is 6.04. The molecule has 2 heterocycles. The number of aromatic nitrogens is 3. The van der Waals surface area contributed by atoms with Crippen LogP contribution in [0.25, 0.3) is 0 Å². The highest BCUT2D eigenvalue weighted by Crippen LogP contribution is 2.24. The number of piperidine rings is 1. The van der Waals surface area contributed by atoms with Crippen LogP contribution in [-0.2, 0) is 0 Å². The number of alkyl halides is 3. The lowest BCUT2D eigenvalue weighted by molar-refractivity contribution is -0.115. The molecule has 156 valence electrons. The Morgan fingerprint density at radius 1 is 1.18 bits per heavy atom. The minimum absolute atomic E-state index is 0. The first-order valence-corrected chi connectivity index (χ1v) is 8.26. The van der Waals surface area contributed by atoms with E-state index in [-0.39, 0.29) is 47.9 Å². The van der Waals surface area contributed by atoms with Crippen molar-refractivity contribution in [2.24, 2.45) is 0 Å². The molecule has 1 fully saturated rings. The zero-order valence-corrected chi connectivity index (χ0v) is 16.3. The fourth-order valence-corrected chi connectivity index (χ4v) is 2.76. The number of nitrogens with one attached hydrogen (secondary N) is 3. The highest BCUT2D eigenvalue weighted by Gasteiger charge is 2.27. The molecule has 1 saturated heterocycles. The lowest BCUT2D eigenvalue weighted by Crippen LogP contribution is -2.29. The van der Waals surface area contributed by atoms with Gasteiger partial charge in [0, 0.05) is 0 Å². The fraction of sp³-hybridized carbons (Fsp3) is 0.438. The lowest BCUT2D eigenvalue weighted by atomic mass is 10.1. The first-order chi connectivity index (χ1) is 12.4. The summed E-state index contributed by atoms with van der Waals surface area (Å²) < 4.78 is 38.9. The van der Waals surface area contributed by atoms with Gasteiger partial charge in [-0.1, -0.05) is 17.3 Å². The van der Waals surface area contributed by atoms with Crippen LogP contribution in [-0.4, -0.2) is 46.7 Å². The van der Waals surface area contributed by atoms with Gasteiger partial charge in [-0.25, -0.2) is 4.68 Å². The van der Waals surface area contributed by atoms with Crippen LogP contribution in [0.5, 0.6) is 0 Å². The van der Waals surface area contributed by atoms with E-state index in [0.717, 1.165) is 25.9 Å². The summed E-state index contributed by atoms with van der Waals surface area (Å²) in [5.41, 5.74) is 0.552. The minimum atomic E-state index is -4.35. The minimum Gasteiger partial charge on any atom is -0.375 e. The van der Waals surface area contributed by atoms with Gasteiger partial charge < -0.3 is 16.0 Å². The number of amides is 1. The van der Waals surface area contributed by atoms with Crippen LogP contribution >= 0.6 is 24.8 Å². The molecule has 0 bridgehead atoms. The third kappa shape index (κ3) is 6.54. The van der Waals surface area contributed by atoms with Crippen molar-refractivity contribution in [1.82, 2.24) is 20.3 Å². The average molecular weight is 441 g/mol. The zero-order valence-electron chi connectivity index (χ0n) is 14.7. The molecule has 7 nitrogen and oxygen atoms in total. The van der Waals surface area contributed by atoms with E-state index >= 15 is 0 Å². The topological polar surface area (TPSA) is 83.9 Å². The summed E-state index contributed by atoms with van der Waals surface area (Å²) in [7, 11) is 0. The number of halogens is 5. The van der Waals surface area contributed by atoms with E-state index in [0.29, 0.717) is 0 Å². The molecule has 12 heteroatoms. The maximum Gasteiger partial charge on any atom is 0.405 e. The summed E-state index contributed by atoms with van der Waals surface area (Å²) >= 11 is 0. The van der Waals surface area contributed by atoms with Crippen molar-refractivity contribution in [3.05, 3.63) is 36.2 Å². The van der Waals surface area contributed by atoms with Gasteiger partial charge in [-0.3, -0.25) is 4.79 Å². The monoisotopic (exact) mass is 440 g/mol. The van der Waals surface area contributed by atoms with Crippen molar-refractivity contribution in [2.75, 3.05) is 30.3 Å². The Balaban J connectivity index is 0.00000196. The SMILES string of the molecule is Cl.Cl.O=C(Nc1ccccc1NCC(F)(F)F)c1cn(C2CCNCC2)nn1. The molecule has 1 aromatic heterocycles. The van der Waals surface area contributed by atoms with Gasteiger partial charge in [0.1, 0.15) is 6.54 Å². The largest absolute Gasteiger partial charge is 0.405 e. The smallest absolute Gasteiger partial charge is 0.375 e. The Bertz CT molecular complexity index is 765. The Kier molecular flexibility index (Phi) is 8.99. The van der Waals surface area contributed by atoms with Crippen LogP contribution < -0.4 is 16.0 Å². The predicted molar refractivity (Wildman–Crippen MR) is 105 cm³/mol. The highest BCUT2D eigenvalue weighted by atomic mass is 35.5. The van der Waals surface area contributed by atoms with Crippen LogP contribution in [0.3, 0.4) is 0 Å². The number of hydrogen-bond donors (Lipinski definition) is 3. The van der Waals surface area contributed by atoms with Crippen molar-refractivity contribution >= 4 is 42.1 Å². The summed E-state index contributed by atoms with van der Waals surface area (Å²) in [6.45, 7) is 0.570. The van der Waals surface area contributed by atoms with Crippen LogP contribution in [0.15, 0.2) is 30.5 Å². The van der Waals surface area contributed by atoms with E-state index < -0.39 is 18.6 Å². The molecular formula is C16H21Cl2F3N6O. The van der Waals surface area contributed by atoms with Gasteiger partial charge in [0.2, 0.25) is 0 Å². The molecule has 0 atom stereocenters. The molecule has 1 aromatic carbocycles. The summed E-state index contributed by atoms with van der Waals surface area (Å²) in [5.74, 6) is -0.522. The molecule has 0 saturated carbocycles. The van der Waals surface area contributed by atoms with E-state index in [1.807, 2.05) is 0 Å². The molecule has 3 rings (SSSR count). The van der Waals surface area contributed by atoms with Crippen molar-refractivity contribution in [3.63, 3.8) is 0 Å². The Hall–Kier alpha value is -2.04. The molecule has 28 heavy (non-hydrogen) atoms. The van der Waals surface area contributed by atoms with E-state index in [1.165, 1.54) is 12.1 Å². The third-order valence-corrected chi connectivity index (χ3v) is 4.08. The van der Waals surface area contributed by atoms with Crippen LogP contribution in [0.4, 0.5) is 24.5 Å². The summed E-state index contributed by atoms with van der Waals surface area (Å²) in [6.07, 6.45) is -0.991. The lowest BCUT2D eigenvalue weighted by Gasteiger charge is -2.22. The van der Waals surface area contributed by atoms with Crippen molar-refractivity contribution in [1.29, 1.82) is 0 Å². The predicted octanol–water partition coefficient (Wildman–Crippen LogP) is 3.27. The van der Waals surface area contributed by atoms with Gasteiger partial charge in [-0.2, -0.15) is 13.2 Å².